The molecule has 0 N–H and O–H groups in total. The van der Waals surface area contributed by atoms with Crippen molar-refractivity contribution in [2.45, 2.75) is 5.41 Å². The molecule has 8 aromatic rings. The molecule has 0 saturated heterocycles. The van der Waals surface area contributed by atoms with Crippen LogP contribution in [-0.4, -0.2) is 34.6 Å². The Bertz CT molecular complexity index is 2590. The van der Waals surface area contributed by atoms with Gasteiger partial charge in [0, 0.05) is 16.7 Å². The third-order valence-electron chi connectivity index (χ3n) is 10.4. The first-order chi connectivity index (χ1) is 25.9. The van der Waals surface area contributed by atoms with Gasteiger partial charge in [0.15, 0.2) is 17.5 Å². The second kappa shape index (κ2) is 13.1. The molecular weight excluding hydrogens is 662 g/mol. The predicted molar refractivity (Wildman–Crippen MR) is 224 cm³/mol. The molecule has 3 nitrogen and oxygen atoms in total. The average molecular weight is 700 g/mol. The zero-order valence-electron chi connectivity index (χ0n) is 29.8. The highest BCUT2D eigenvalue weighted by atomic mass is 31.2. The van der Waals surface area contributed by atoms with Gasteiger partial charge in [-0.15, -0.1) is 0 Å². The Kier molecular flexibility index (Phi) is 8.10. The molecule has 53 heavy (non-hydrogen) atoms. The Morgan fingerprint density at radius 2 is 0.774 bits per heavy atom. The lowest BCUT2D eigenvalue weighted by Gasteiger charge is -2.34. The van der Waals surface area contributed by atoms with E-state index < -0.39 is 12.3 Å². The van der Waals surface area contributed by atoms with Crippen LogP contribution in [0.15, 0.2) is 182 Å². The van der Waals surface area contributed by atoms with Crippen molar-refractivity contribution in [3.63, 3.8) is 0 Å². The van der Waals surface area contributed by atoms with Gasteiger partial charge < -0.3 is 0 Å². The lowest BCUT2D eigenvalue weighted by atomic mass is 9.67. The van der Waals surface area contributed by atoms with E-state index in [0.29, 0.717) is 17.5 Å². The van der Waals surface area contributed by atoms with E-state index in [1.165, 1.54) is 44.2 Å². The van der Waals surface area contributed by atoms with E-state index in [9.17, 15) is 0 Å². The maximum absolute atomic E-state index is 5.19. The first-order valence-electron chi connectivity index (χ1n) is 18.0. The van der Waals surface area contributed by atoms with E-state index in [1.807, 2.05) is 24.3 Å². The summed E-state index contributed by atoms with van der Waals surface area (Å²) >= 11 is 0. The van der Waals surface area contributed by atoms with Crippen molar-refractivity contribution in [1.29, 1.82) is 0 Å². The van der Waals surface area contributed by atoms with Crippen LogP contribution in [-0.2, 0) is 5.41 Å². The van der Waals surface area contributed by atoms with Gasteiger partial charge in [0.25, 0.3) is 0 Å². The topological polar surface area (TPSA) is 38.7 Å². The number of rotatable bonds is 7. The van der Waals surface area contributed by atoms with E-state index in [0.717, 1.165) is 22.3 Å². The minimum atomic E-state index is -1.56. The van der Waals surface area contributed by atoms with Gasteiger partial charge in [-0.25, -0.2) is 15.0 Å². The van der Waals surface area contributed by atoms with Gasteiger partial charge in [-0.3, -0.25) is 0 Å². The zero-order chi connectivity index (χ0) is 36.0. The van der Waals surface area contributed by atoms with Crippen LogP contribution in [0.5, 0.6) is 0 Å². The van der Waals surface area contributed by atoms with Crippen LogP contribution >= 0.6 is 6.89 Å². The number of hydrogen-bond donors (Lipinski definition) is 0. The van der Waals surface area contributed by atoms with Gasteiger partial charge in [-0.1, -0.05) is 183 Å². The molecule has 0 unspecified atom stereocenters. The molecule has 0 saturated carbocycles. The minimum absolute atomic E-state index is 0.556. The molecule has 1 heterocycles. The van der Waals surface area contributed by atoms with Crippen molar-refractivity contribution in [2.24, 2.45) is 0 Å². The summed E-state index contributed by atoms with van der Waals surface area (Å²) in [5.74, 6) is 1.92. The van der Waals surface area contributed by atoms with Crippen LogP contribution in [0.25, 0.3) is 56.4 Å². The Morgan fingerprint density at radius 3 is 1.30 bits per heavy atom. The van der Waals surface area contributed by atoms with E-state index in [4.69, 9.17) is 15.0 Å². The van der Waals surface area contributed by atoms with Gasteiger partial charge in [-0.2, -0.15) is 0 Å². The van der Waals surface area contributed by atoms with Gasteiger partial charge in [0.1, 0.15) is 0 Å². The number of fused-ring (bicyclic) bond motifs is 3. The van der Waals surface area contributed by atoms with Crippen molar-refractivity contribution in [1.82, 2.24) is 15.0 Å². The summed E-state index contributed by atoms with van der Waals surface area (Å²) in [5.41, 5.74) is 12.0. The molecule has 9 rings (SSSR count). The molecule has 0 aliphatic heterocycles. The molecule has 0 atom stereocenters. The first-order valence-corrected chi connectivity index (χ1v) is 20.8. The van der Waals surface area contributed by atoms with Crippen LogP contribution in [0.1, 0.15) is 22.3 Å². The lowest BCUT2D eigenvalue weighted by molar-refractivity contribution is 0.769. The summed E-state index contributed by atoms with van der Waals surface area (Å²) in [4.78, 5) is 15.4. The van der Waals surface area contributed by atoms with Gasteiger partial charge in [0.2, 0.25) is 0 Å². The Balaban J connectivity index is 1.27. The van der Waals surface area contributed by atoms with E-state index >= 15 is 0 Å². The molecule has 0 fully saturated rings. The Labute approximate surface area is 311 Å². The standard InChI is InChI=1S/C49H38N3P/c1-53(2,3)41-29-31-43-42-30-28-38(32-44(42)49(45(43)33-41,39-20-12-6-13-21-39)40-22-14-7-15-23-40)48-51-46(36-18-10-5-11-19-36)50-47(52-48)37-26-24-35(25-27-37)34-16-8-4-9-17-34/h4-33H,1H2,2-3H3. The zero-order valence-corrected chi connectivity index (χ0v) is 30.7. The Hall–Kier alpha value is -6.15. The van der Waals surface area contributed by atoms with Crippen LogP contribution < -0.4 is 5.30 Å². The summed E-state index contributed by atoms with van der Waals surface area (Å²) in [6, 6.07) is 64.8. The van der Waals surface area contributed by atoms with Crippen molar-refractivity contribution < 1.29 is 0 Å². The second-order valence-corrected chi connectivity index (χ2v) is 18.2. The fourth-order valence-corrected chi connectivity index (χ4v) is 8.74. The van der Waals surface area contributed by atoms with Crippen molar-refractivity contribution in [3.05, 3.63) is 204 Å². The van der Waals surface area contributed by atoms with Crippen LogP contribution in [0.3, 0.4) is 0 Å². The van der Waals surface area contributed by atoms with Crippen molar-refractivity contribution >= 4 is 18.5 Å². The van der Waals surface area contributed by atoms with Crippen molar-refractivity contribution in [3.8, 4) is 56.4 Å². The highest BCUT2D eigenvalue weighted by molar-refractivity contribution is 7.79. The number of benzene rings is 7. The summed E-state index contributed by atoms with van der Waals surface area (Å²) < 4.78 is 0. The molecule has 0 radical (unpaired) electrons. The first kappa shape index (κ1) is 32.7. The SMILES string of the molecule is C=P(C)(C)c1ccc2c(c1)C(c1ccccc1)(c1ccccc1)c1cc(-c3nc(-c4ccccc4)nc(-c4ccc(-c5ccccc5)cc4)n3)ccc1-2. The molecule has 7 aromatic carbocycles. The fourth-order valence-electron chi connectivity index (χ4n) is 7.79. The molecule has 1 aliphatic carbocycles. The van der Waals surface area contributed by atoms with Crippen molar-refractivity contribution in [2.75, 3.05) is 13.3 Å². The molecule has 254 valence electrons. The van der Waals surface area contributed by atoms with Gasteiger partial charge >= 0.3 is 0 Å². The number of hydrogen-bond acceptors (Lipinski definition) is 3. The third kappa shape index (κ3) is 5.75. The number of nitrogens with zero attached hydrogens (tertiary/aromatic N) is 3. The summed E-state index contributed by atoms with van der Waals surface area (Å²) in [7, 11) is 0. The van der Waals surface area contributed by atoms with Crippen LogP contribution in [0.4, 0.5) is 0 Å². The average Bonchev–Trinajstić information content (AvgIpc) is 3.51. The smallest absolute Gasteiger partial charge is 0.164 e. The van der Waals surface area contributed by atoms with E-state index in [-0.39, 0.29) is 0 Å². The quantitative estimate of drug-likeness (QED) is 0.155. The summed E-state index contributed by atoms with van der Waals surface area (Å²) in [5, 5.41) is 1.31. The largest absolute Gasteiger partial charge is 0.208 e. The molecule has 0 bridgehead atoms. The van der Waals surface area contributed by atoms with E-state index in [2.05, 4.69) is 177 Å². The van der Waals surface area contributed by atoms with Crippen LogP contribution in [0.2, 0.25) is 0 Å². The highest BCUT2D eigenvalue weighted by Crippen LogP contribution is 2.57. The second-order valence-electron chi connectivity index (χ2n) is 14.3. The van der Waals surface area contributed by atoms with Gasteiger partial charge in [-0.05, 0) is 75.3 Å². The van der Waals surface area contributed by atoms with Crippen LogP contribution in [0, 0.1) is 0 Å². The van der Waals surface area contributed by atoms with E-state index in [1.54, 1.807) is 0 Å². The molecule has 4 heteroatoms. The lowest BCUT2D eigenvalue weighted by Crippen LogP contribution is -2.29. The molecule has 0 amide bonds. The molecule has 0 spiro atoms. The summed E-state index contributed by atoms with van der Waals surface area (Å²) in [6.07, 6.45) is 4.64. The Morgan fingerprint density at radius 1 is 0.396 bits per heavy atom. The highest BCUT2D eigenvalue weighted by Gasteiger charge is 2.46. The molecule has 1 aromatic heterocycles. The monoisotopic (exact) mass is 699 g/mol. The predicted octanol–water partition coefficient (Wildman–Crippen LogP) is 11.2. The van der Waals surface area contributed by atoms with Gasteiger partial charge in [0.05, 0.1) is 5.41 Å². The third-order valence-corrected chi connectivity index (χ3v) is 12.1. The molecule has 1 aliphatic rings. The summed E-state index contributed by atoms with van der Waals surface area (Å²) in [6.45, 7) is 3.02. The maximum Gasteiger partial charge on any atom is 0.164 e. The minimum Gasteiger partial charge on any atom is -0.208 e. The normalized spacial score (nSPS) is 12.9. The fraction of sp³-hybridized carbons (Fsp3) is 0.0612. The molecular formula is C49H38N3P. The maximum atomic E-state index is 5.19. The number of aromatic nitrogens is 3.